The molecule has 1 aromatic heterocycles. The summed E-state index contributed by atoms with van der Waals surface area (Å²) in [5, 5.41) is 26.4. The second kappa shape index (κ2) is 7.65. The van der Waals surface area contributed by atoms with Crippen LogP contribution in [0.15, 0.2) is 5.16 Å². The van der Waals surface area contributed by atoms with E-state index in [0.29, 0.717) is 11.0 Å². The van der Waals surface area contributed by atoms with Gasteiger partial charge in [0.25, 0.3) is 0 Å². The number of carboxylic acids is 1. The zero-order valence-electron chi connectivity index (χ0n) is 10.4. The van der Waals surface area contributed by atoms with Crippen molar-refractivity contribution in [1.29, 1.82) is 0 Å². The largest absolute Gasteiger partial charge is 0.481 e. The SMILES string of the molecule is CCC(CSC)n1c(CO)nnc1SCC(=O)O. The number of aliphatic hydroxyl groups excluding tert-OH is 1. The van der Waals surface area contributed by atoms with Gasteiger partial charge in [-0.2, -0.15) is 11.8 Å². The van der Waals surface area contributed by atoms with E-state index in [1.807, 2.05) is 17.7 Å². The Hall–Kier alpha value is -0.730. The Kier molecular flexibility index (Phi) is 6.51. The molecular formula is C10H17N3O3S2. The lowest BCUT2D eigenvalue weighted by Crippen LogP contribution is -2.15. The second-order valence-corrected chi connectivity index (χ2v) is 5.48. The lowest BCUT2D eigenvalue weighted by atomic mass is 10.2. The Bertz CT molecular complexity index is 398. The molecule has 0 aliphatic carbocycles. The monoisotopic (exact) mass is 291 g/mol. The number of nitrogens with zero attached hydrogens (tertiary/aromatic N) is 3. The maximum atomic E-state index is 10.6. The number of rotatable bonds is 8. The second-order valence-electron chi connectivity index (χ2n) is 3.63. The summed E-state index contributed by atoms with van der Waals surface area (Å²) >= 11 is 2.83. The highest BCUT2D eigenvalue weighted by Crippen LogP contribution is 2.25. The summed E-state index contributed by atoms with van der Waals surface area (Å²) < 4.78 is 1.85. The number of hydrogen-bond acceptors (Lipinski definition) is 6. The molecule has 0 spiro atoms. The third kappa shape index (κ3) is 3.89. The summed E-state index contributed by atoms with van der Waals surface area (Å²) in [7, 11) is 0. The predicted octanol–water partition coefficient (Wildman–Crippen LogP) is 1.26. The van der Waals surface area contributed by atoms with Gasteiger partial charge < -0.3 is 14.8 Å². The normalized spacial score (nSPS) is 12.6. The van der Waals surface area contributed by atoms with Gasteiger partial charge in [0, 0.05) is 11.8 Å². The fourth-order valence-electron chi connectivity index (χ4n) is 1.57. The van der Waals surface area contributed by atoms with Gasteiger partial charge in [-0.05, 0) is 12.7 Å². The maximum Gasteiger partial charge on any atom is 0.313 e. The lowest BCUT2D eigenvalue weighted by molar-refractivity contribution is -0.133. The smallest absolute Gasteiger partial charge is 0.313 e. The molecule has 0 bridgehead atoms. The maximum absolute atomic E-state index is 10.6. The quantitative estimate of drug-likeness (QED) is 0.697. The molecule has 1 aromatic rings. The Morgan fingerprint density at radius 2 is 2.22 bits per heavy atom. The summed E-state index contributed by atoms with van der Waals surface area (Å²) in [6.45, 7) is 1.86. The molecule has 102 valence electrons. The average molecular weight is 291 g/mol. The summed E-state index contributed by atoms with van der Waals surface area (Å²) in [4.78, 5) is 10.6. The van der Waals surface area contributed by atoms with Gasteiger partial charge in [0.1, 0.15) is 6.61 Å². The minimum absolute atomic E-state index is 0.0563. The zero-order chi connectivity index (χ0) is 13.5. The average Bonchev–Trinajstić information content (AvgIpc) is 2.76. The fourth-order valence-corrected chi connectivity index (χ4v) is 3.09. The Morgan fingerprint density at radius 1 is 1.50 bits per heavy atom. The van der Waals surface area contributed by atoms with E-state index in [1.165, 1.54) is 0 Å². The molecule has 1 unspecified atom stereocenters. The third-order valence-electron chi connectivity index (χ3n) is 2.40. The van der Waals surface area contributed by atoms with Crippen LogP contribution in [-0.2, 0) is 11.4 Å². The van der Waals surface area contributed by atoms with Crippen LogP contribution in [0.25, 0.3) is 0 Å². The molecular weight excluding hydrogens is 274 g/mol. The van der Waals surface area contributed by atoms with Gasteiger partial charge in [-0.15, -0.1) is 10.2 Å². The number of carbonyl (C=O) groups is 1. The van der Waals surface area contributed by atoms with Gasteiger partial charge in [0.05, 0.1) is 5.75 Å². The van der Waals surface area contributed by atoms with Crippen LogP contribution in [0.2, 0.25) is 0 Å². The lowest BCUT2D eigenvalue weighted by Gasteiger charge is -2.18. The van der Waals surface area contributed by atoms with Gasteiger partial charge in [0.2, 0.25) is 0 Å². The highest BCUT2D eigenvalue weighted by molar-refractivity contribution is 7.99. The molecule has 0 aliphatic rings. The highest BCUT2D eigenvalue weighted by atomic mass is 32.2. The van der Waals surface area contributed by atoms with Crippen LogP contribution in [0, 0.1) is 0 Å². The van der Waals surface area contributed by atoms with Gasteiger partial charge in [-0.25, -0.2) is 0 Å². The fraction of sp³-hybridized carbons (Fsp3) is 0.700. The third-order valence-corrected chi connectivity index (χ3v) is 4.04. The molecule has 0 amide bonds. The van der Waals surface area contributed by atoms with Crippen molar-refractivity contribution in [2.24, 2.45) is 0 Å². The minimum Gasteiger partial charge on any atom is -0.481 e. The number of thioether (sulfide) groups is 2. The van der Waals surface area contributed by atoms with Gasteiger partial charge in [-0.1, -0.05) is 18.7 Å². The van der Waals surface area contributed by atoms with Crippen molar-refractivity contribution in [2.45, 2.75) is 31.1 Å². The first-order valence-corrected chi connectivity index (χ1v) is 7.90. The first-order chi connectivity index (χ1) is 8.63. The standard InChI is InChI=1S/C10H17N3O3S2/c1-3-7(5-17-2)13-8(4-14)11-12-10(13)18-6-9(15)16/h7,14H,3-6H2,1-2H3,(H,15,16). The molecule has 1 rings (SSSR count). The Morgan fingerprint density at radius 3 is 2.72 bits per heavy atom. The molecule has 6 nitrogen and oxygen atoms in total. The van der Waals surface area contributed by atoms with Crippen molar-refractivity contribution in [3.63, 3.8) is 0 Å². The number of aliphatic carboxylic acids is 1. The van der Waals surface area contributed by atoms with Crippen LogP contribution in [0.4, 0.5) is 0 Å². The van der Waals surface area contributed by atoms with E-state index < -0.39 is 5.97 Å². The summed E-state index contributed by atoms with van der Waals surface area (Å²) in [6, 6.07) is 0.174. The molecule has 0 radical (unpaired) electrons. The molecule has 2 N–H and O–H groups in total. The first kappa shape index (κ1) is 15.3. The van der Waals surface area contributed by atoms with E-state index in [0.717, 1.165) is 23.9 Å². The van der Waals surface area contributed by atoms with E-state index in [1.54, 1.807) is 11.8 Å². The number of aliphatic hydroxyl groups is 1. The van der Waals surface area contributed by atoms with E-state index in [9.17, 15) is 9.90 Å². The van der Waals surface area contributed by atoms with Crippen LogP contribution < -0.4 is 0 Å². The Balaban J connectivity index is 2.96. The van der Waals surface area contributed by atoms with Crippen LogP contribution in [-0.4, -0.2) is 48.7 Å². The van der Waals surface area contributed by atoms with Gasteiger partial charge in [-0.3, -0.25) is 4.79 Å². The number of carboxylic acid groups (broad SMARTS) is 1. The van der Waals surface area contributed by atoms with Crippen LogP contribution in [0.5, 0.6) is 0 Å². The topological polar surface area (TPSA) is 88.2 Å². The molecule has 0 saturated carbocycles. The number of aromatic nitrogens is 3. The van der Waals surface area contributed by atoms with E-state index in [2.05, 4.69) is 10.2 Å². The van der Waals surface area contributed by atoms with Crippen molar-refractivity contribution in [3.05, 3.63) is 5.82 Å². The van der Waals surface area contributed by atoms with Crippen LogP contribution in [0.3, 0.4) is 0 Å². The molecule has 1 heterocycles. The summed E-state index contributed by atoms with van der Waals surface area (Å²) in [6.07, 6.45) is 2.89. The Labute approximate surface area is 114 Å². The van der Waals surface area contributed by atoms with Gasteiger partial charge in [0.15, 0.2) is 11.0 Å². The first-order valence-electron chi connectivity index (χ1n) is 5.52. The minimum atomic E-state index is -0.891. The van der Waals surface area contributed by atoms with Crippen molar-refractivity contribution in [2.75, 3.05) is 17.8 Å². The number of hydrogen-bond donors (Lipinski definition) is 2. The molecule has 8 heteroatoms. The van der Waals surface area contributed by atoms with E-state index >= 15 is 0 Å². The van der Waals surface area contributed by atoms with Crippen molar-refractivity contribution in [3.8, 4) is 0 Å². The summed E-state index contributed by atoms with van der Waals surface area (Å²) in [5.74, 6) is 0.420. The molecule has 1 atom stereocenters. The summed E-state index contributed by atoms with van der Waals surface area (Å²) in [5.41, 5.74) is 0. The molecule has 0 saturated heterocycles. The van der Waals surface area contributed by atoms with Crippen LogP contribution in [0.1, 0.15) is 25.2 Å². The molecule has 0 aliphatic heterocycles. The van der Waals surface area contributed by atoms with Crippen molar-refractivity contribution >= 4 is 29.5 Å². The van der Waals surface area contributed by atoms with Crippen molar-refractivity contribution in [1.82, 2.24) is 14.8 Å². The molecule has 0 aromatic carbocycles. The predicted molar refractivity (Wildman–Crippen MR) is 72.0 cm³/mol. The molecule has 18 heavy (non-hydrogen) atoms. The van der Waals surface area contributed by atoms with E-state index in [-0.39, 0.29) is 18.4 Å². The van der Waals surface area contributed by atoms with Crippen LogP contribution >= 0.6 is 23.5 Å². The molecule has 0 fully saturated rings. The van der Waals surface area contributed by atoms with Crippen molar-refractivity contribution < 1.29 is 15.0 Å². The highest BCUT2D eigenvalue weighted by Gasteiger charge is 2.19. The van der Waals surface area contributed by atoms with E-state index in [4.69, 9.17) is 5.11 Å². The zero-order valence-corrected chi connectivity index (χ0v) is 12.0. The van der Waals surface area contributed by atoms with Gasteiger partial charge >= 0.3 is 5.97 Å².